The van der Waals surface area contributed by atoms with E-state index in [2.05, 4.69) is 0 Å². The van der Waals surface area contributed by atoms with Crippen LogP contribution in [0.2, 0.25) is 0 Å². The Morgan fingerprint density at radius 3 is 1.90 bits per heavy atom. The zero-order chi connectivity index (χ0) is 22.2. The first kappa shape index (κ1) is 21.9. The Kier molecular flexibility index (Phi) is 7.25. The van der Waals surface area contributed by atoms with E-state index in [0.29, 0.717) is 29.9 Å². The van der Waals surface area contributed by atoms with Gasteiger partial charge in [0.1, 0.15) is 28.5 Å². The molecule has 0 fully saturated rings. The summed E-state index contributed by atoms with van der Waals surface area (Å²) >= 11 is 0.673. The fraction of sp³-hybridized carbons (Fsp3) is 0.0870. The molecule has 0 unspecified atom stereocenters. The fourth-order valence-corrected chi connectivity index (χ4v) is 2.91. The van der Waals surface area contributed by atoms with Crippen molar-refractivity contribution in [3.63, 3.8) is 0 Å². The number of nitrogens with zero attached hydrogens (tertiary/aromatic N) is 1. The van der Waals surface area contributed by atoms with E-state index < -0.39 is 17.8 Å². The average Bonchev–Trinajstić information content (AvgIpc) is 2.77. The van der Waals surface area contributed by atoms with Crippen LogP contribution >= 0.6 is 11.8 Å². The van der Waals surface area contributed by atoms with Crippen molar-refractivity contribution in [3.05, 3.63) is 83.7 Å². The van der Waals surface area contributed by atoms with Crippen molar-refractivity contribution in [2.75, 3.05) is 6.61 Å². The van der Waals surface area contributed by atoms with Gasteiger partial charge >= 0.3 is 11.9 Å². The first-order valence-electron chi connectivity index (χ1n) is 9.13. The van der Waals surface area contributed by atoms with Gasteiger partial charge < -0.3 is 14.2 Å². The van der Waals surface area contributed by atoms with E-state index in [1.165, 1.54) is 36.4 Å². The third-order valence-electron chi connectivity index (χ3n) is 3.97. The highest BCUT2D eigenvalue weighted by Gasteiger charge is 2.14. The number of carbonyl (C=O) groups is 2. The summed E-state index contributed by atoms with van der Waals surface area (Å²) in [7, 11) is 0. The topological polar surface area (TPSA) is 85.6 Å². The molecule has 31 heavy (non-hydrogen) atoms. The molecule has 0 saturated heterocycles. The lowest BCUT2D eigenvalue weighted by Crippen LogP contribution is -2.11. The number of hydrogen-bond donors (Lipinski definition) is 0. The van der Waals surface area contributed by atoms with Crippen molar-refractivity contribution in [3.8, 4) is 22.6 Å². The van der Waals surface area contributed by atoms with Gasteiger partial charge in [-0.1, -0.05) is 0 Å². The summed E-state index contributed by atoms with van der Waals surface area (Å²) in [6.07, 6.45) is 0. The third-order valence-corrected chi connectivity index (χ3v) is 4.61. The van der Waals surface area contributed by atoms with Crippen LogP contribution in [0.25, 0.3) is 0 Å². The fourth-order valence-electron chi connectivity index (χ4n) is 2.52. The van der Waals surface area contributed by atoms with Gasteiger partial charge in [0, 0.05) is 6.07 Å². The van der Waals surface area contributed by atoms with E-state index in [4.69, 9.17) is 19.5 Å². The molecule has 0 bridgehead atoms. The second-order valence-corrected chi connectivity index (χ2v) is 6.87. The second-order valence-electron chi connectivity index (χ2n) is 6.05. The minimum atomic E-state index is -0.716. The summed E-state index contributed by atoms with van der Waals surface area (Å²) < 4.78 is 29.6. The van der Waals surface area contributed by atoms with Crippen molar-refractivity contribution in [1.29, 1.82) is 5.26 Å². The summed E-state index contributed by atoms with van der Waals surface area (Å²) in [5.74, 6) is -0.934. The number of benzene rings is 3. The molecule has 0 aliphatic carbocycles. The van der Waals surface area contributed by atoms with Crippen LogP contribution in [0.3, 0.4) is 0 Å². The van der Waals surface area contributed by atoms with Crippen LogP contribution in [-0.2, 0) is 0 Å². The van der Waals surface area contributed by atoms with Crippen molar-refractivity contribution in [1.82, 2.24) is 0 Å². The van der Waals surface area contributed by atoms with Gasteiger partial charge in [-0.15, -0.1) is 0 Å². The summed E-state index contributed by atoms with van der Waals surface area (Å²) in [5, 5.41) is 10.4. The zero-order valence-electron chi connectivity index (χ0n) is 16.3. The molecule has 0 aliphatic heterocycles. The quantitative estimate of drug-likeness (QED) is 0.216. The molecule has 0 atom stereocenters. The molecule has 0 spiro atoms. The Morgan fingerprint density at radius 2 is 1.39 bits per heavy atom. The molecule has 3 rings (SSSR count). The lowest BCUT2D eigenvalue weighted by atomic mass is 10.1. The van der Waals surface area contributed by atoms with Gasteiger partial charge in [0.25, 0.3) is 0 Å². The molecular weight excluding hydrogens is 421 g/mol. The second kappa shape index (κ2) is 10.3. The third kappa shape index (κ3) is 5.84. The van der Waals surface area contributed by atoms with Gasteiger partial charge in [-0.2, -0.15) is 5.26 Å². The summed E-state index contributed by atoms with van der Waals surface area (Å²) in [4.78, 5) is 24.7. The standard InChI is InChI=1S/C23H16FNO5S/c1-2-28-17-7-9-18(10-8-17)29-22(26)15-3-5-16(6-4-15)23(27)30-19-11-12-21(31-14-25)20(24)13-19/h3-13H,2H2,1H3. The molecule has 156 valence electrons. The molecule has 0 N–H and O–H groups in total. The van der Waals surface area contributed by atoms with Gasteiger partial charge in [0.2, 0.25) is 0 Å². The normalized spacial score (nSPS) is 10.1. The predicted octanol–water partition coefficient (Wildman–Crippen LogP) is 5.24. The van der Waals surface area contributed by atoms with Gasteiger partial charge in [0.05, 0.1) is 22.6 Å². The Morgan fingerprint density at radius 1 is 0.871 bits per heavy atom. The number of halogens is 1. The number of carbonyl (C=O) groups excluding carboxylic acids is 2. The van der Waals surface area contributed by atoms with Gasteiger partial charge in [-0.3, -0.25) is 0 Å². The number of ether oxygens (including phenoxy) is 3. The number of nitriles is 1. The minimum Gasteiger partial charge on any atom is -0.494 e. The molecule has 8 heteroatoms. The Labute approximate surface area is 182 Å². The van der Waals surface area contributed by atoms with Gasteiger partial charge in [-0.25, -0.2) is 14.0 Å². The average molecular weight is 437 g/mol. The summed E-state index contributed by atoms with van der Waals surface area (Å²) in [6.45, 7) is 2.41. The highest BCUT2D eigenvalue weighted by Crippen LogP contribution is 2.25. The molecule has 3 aromatic carbocycles. The Bertz CT molecular complexity index is 1120. The number of thiocyanates is 1. The summed E-state index contributed by atoms with van der Waals surface area (Å²) in [5.41, 5.74) is 0.419. The monoisotopic (exact) mass is 437 g/mol. The molecule has 0 heterocycles. The predicted molar refractivity (Wildman–Crippen MR) is 112 cm³/mol. The molecule has 0 amide bonds. The molecular formula is C23H16FNO5S. The van der Waals surface area contributed by atoms with Crippen molar-refractivity contribution >= 4 is 23.7 Å². The first-order chi connectivity index (χ1) is 15.0. The van der Waals surface area contributed by atoms with Crippen LogP contribution in [0.4, 0.5) is 4.39 Å². The maximum absolute atomic E-state index is 13.8. The van der Waals surface area contributed by atoms with Crippen molar-refractivity contribution < 1.29 is 28.2 Å². The molecule has 0 aliphatic rings. The first-order valence-corrected chi connectivity index (χ1v) is 9.94. The number of thioether (sulfide) groups is 1. The molecule has 3 aromatic rings. The minimum absolute atomic E-state index is 0.00350. The summed E-state index contributed by atoms with van der Waals surface area (Å²) in [6, 6.07) is 16.1. The maximum Gasteiger partial charge on any atom is 0.343 e. The van der Waals surface area contributed by atoms with E-state index in [9.17, 15) is 14.0 Å². The lowest BCUT2D eigenvalue weighted by Gasteiger charge is -2.08. The van der Waals surface area contributed by atoms with E-state index in [1.807, 2.05) is 6.92 Å². The Hall–Kier alpha value is -3.83. The van der Waals surface area contributed by atoms with Gasteiger partial charge in [-0.05, 0) is 79.3 Å². The van der Waals surface area contributed by atoms with Crippen LogP contribution in [0.1, 0.15) is 27.6 Å². The SMILES string of the molecule is CCOc1ccc(OC(=O)c2ccc(C(=O)Oc3ccc(SC#N)c(F)c3)cc2)cc1. The van der Waals surface area contributed by atoms with E-state index in [-0.39, 0.29) is 21.8 Å². The lowest BCUT2D eigenvalue weighted by molar-refractivity contribution is 0.0720. The molecule has 6 nitrogen and oxygen atoms in total. The number of hydrogen-bond acceptors (Lipinski definition) is 7. The van der Waals surface area contributed by atoms with Crippen LogP contribution in [0.15, 0.2) is 71.6 Å². The molecule has 0 saturated carbocycles. The van der Waals surface area contributed by atoms with Crippen LogP contribution in [0.5, 0.6) is 17.2 Å². The highest BCUT2D eigenvalue weighted by atomic mass is 32.2. The van der Waals surface area contributed by atoms with Crippen LogP contribution < -0.4 is 14.2 Å². The van der Waals surface area contributed by atoms with Crippen LogP contribution in [-0.4, -0.2) is 18.5 Å². The largest absolute Gasteiger partial charge is 0.494 e. The van der Waals surface area contributed by atoms with Crippen LogP contribution in [0, 0.1) is 16.5 Å². The van der Waals surface area contributed by atoms with E-state index >= 15 is 0 Å². The van der Waals surface area contributed by atoms with Gasteiger partial charge in [0.15, 0.2) is 0 Å². The van der Waals surface area contributed by atoms with E-state index in [1.54, 1.807) is 29.7 Å². The van der Waals surface area contributed by atoms with Crippen molar-refractivity contribution in [2.24, 2.45) is 0 Å². The van der Waals surface area contributed by atoms with E-state index in [0.717, 1.165) is 6.07 Å². The molecule has 0 aromatic heterocycles. The number of rotatable bonds is 7. The van der Waals surface area contributed by atoms with Crippen molar-refractivity contribution in [2.45, 2.75) is 11.8 Å². The Balaban J connectivity index is 1.62. The smallest absolute Gasteiger partial charge is 0.343 e. The highest BCUT2D eigenvalue weighted by molar-refractivity contribution is 8.03. The zero-order valence-corrected chi connectivity index (χ0v) is 17.1. The number of esters is 2. The molecule has 0 radical (unpaired) electrons. The maximum atomic E-state index is 13.8.